The predicted molar refractivity (Wildman–Crippen MR) is 118 cm³/mol. The summed E-state index contributed by atoms with van der Waals surface area (Å²) in [7, 11) is 0. The number of aryl methyl sites for hydroxylation is 2. The third kappa shape index (κ3) is 6.57. The van der Waals surface area contributed by atoms with Gasteiger partial charge < -0.3 is 9.84 Å². The van der Waals surface area contributed by atoms with Crippen LogP contribution >= 0.6 is 11.8 Å². The van der Waals surface area contributed by atoms with Gasteiger partial charge in [0.1, 0.15) is 0 Å². The standard InChI is InChI=1S/C22H32N4O2S/c1-16-8-9-17(15-26-10-12-29-13-11-26)14-18(16)23-19(27)6-5-7-20-24-21(25-28-20)22(2,3)4/h8-9,14H,5-7,10-13,15H2,1-4H3,(H,23,27). The van der Waals surface area contributed by atoms with Crippen LogP contribution in [0.1, 0.15) is 56.5 Å². The number of thioether (sulfide) groups is 1. The van der Waals surface area contributed by atoms with Crippen molar-refractivity contribution in [1.82, 2.24) is 15.0 Å². The van der Waals surface area contributed by atoms with Gasteiger partial charge in [-0.05, 0) is 30.5 Å². The van der Waals surface area contributed by atoms with Crippen LogP contribution in [0.25, 0.3) is 0 Å². The molecular formula is C22H32N4O2S. The largest absolute Gasteiger partial charge is 0.339 e. The van der Waals surface area contributed by atoms with Gasteiger partial charge in [-0.2, -0.15) is 16.7 Å². The van der Waals surface area contributed by atoms with Crippen molar-refractivity contribution in [3.05, 3.63) is 41.0 Å². The number of carbonyl (C=O) groups is 1. The number of rotatable bonds is 7. The monoisotopic (exact) mass is 416 g/mol. The fourth-order valence-electron chi connectivity index (χ4n) is 3.19. The summed E-state index contributed by atoms with van der Waals surface area (Å²) in [6.45, 7) is 11.4. The van der Waals surface area contributed by atoms with Crippen molar-refractivity contribution in [2.24, 2.45) is 0 Å². The second-order valence-corrected chi connectivity index (χ2v) is 9.93. The van der Waals surface area contributed by atoms with Gasteiger partial charge in [0.25, 0.3) is 0 Å². The van der Waals surface area contributed by atoms with Gasteiger partial charge in [0.05, 0.1) is 0 Å². The number of nitrogens with zero attached hydrogens (tertiary/aromatic N) is 3. The van der Waals surface area contributed by atoms with Gasteiger partial charge in [-0.3, -0.25) is 9.69 Å². The van der Waals surface area contributed by atoms with E-state index in [2.05, 4.69) is 59.3 Å². The maximum Gasteiger partial charge on any atom is 0.226 e. The molecule has 0 aliphatic carbocycles. The molecule has 7 heteroatoms. The number of carbonyl (C=O) groups excluding carboxylic acids is 1. The molecule has 1 saturated heterocycles. The van der Waals surface area contributed by atoms with E-state index in [4.69, 9.17) is 4.52 Å². The fourth-order valence-corrected chi connectivity index (χ4v) is 4.17. The molecule has 2 aromatic rings. The summed E-state index contributed by atoms with van der Waals surface area (Å²) in [6, 6.07) is 6.37. The molecule has 3 rings (SSSR count). The van der Waals surface area contributed by atoms with Gasteiger partial charge in [-0.15, -0.1) is 0 Å². The molecule has 1 aromatic carbocycles. The molecule has 0 radical (unpaired) electrons. The van der Waals surface area contributed by atoms with Gasteiger partial charge in [0.2, 0.25) is 11.8 Å². The average Bonchev–Trinajstić information content (AvgIpc) is 3.15. The average molecular weight is 417 g/mol. The number of anilines is 1. The Labute approximate surface area is 177 Å². The first kappa shape index (κ1) is 21.8. The molecule has 6 nitrogen and oxygen atoms in total. The summed E-state index contributed by atoms with van der Waals surface area (Å²) >= 11 is 2.02. The minimum atomic E-state index is -0.130. The first-order valence-electron chi connectivity index (χ1n) is 10.3. The molecule has 2 heterocycles. The van der Waals surface area contributed by atoms with E-state index < -0.39 is 0 Å². The first-order valence-corrected chi connectivity index (χ1v) is 11.5. The molecule has 0 spiro atoms. The molecule has 0 bridgehead atoms. The topological polar surface area (TPSA) is 71.3 Å². The van der Waals surface area contributed by atoms with Crippen molar-refractivity contribution in [2.45, 2.75) is 58.9 Å². The van der Waals surface area contributed by atoms with E-state index in [1.807, 2.05) is 18.7 Å². The molecule has 1 aliphatic heterocycles. The maximum atomic E-state index is 12.4. The zero-order valence-corrected chi connectivity index (χ0v) is 18.8. The Morgan fingerprint density at radius 3 is 2.72 bits per heavy atom. The molecule has 0 saturated carbocycles. The lowest BCUT2D eigenvalue weighted by atomic mass is 9.96. The van der Waals surface area contributed by atoms with Crippen molar-refractivity contribution in [1.29, 1.82) is 0 Å². The number of amides is 1. The van der Waals surface area contributed by atoms with E-state index in [1.165, 1.54) is 17.1 Å². The number of benzene rings is 1. The lowest BCUT2D eigenvalue weighted by molar-refractivity contribution is -0.116. The molecule has 0 unspecified atom stereocenters. The normalized spacial score (nSPS) is 15.4. The van der Waals surface area contributed by atoms with Crippen LogP contribution in [0.4, 0.5) is 5.69 Å². The summed E-state index contributed by atoms with van der Waals surface area (Å²) in [5, 5.41) is 7.11. The number of nitrogens with one attached hydrogen (secondary N) is 1. The van der Waals surface area contributed by atoms with E-state index in [0.29, 0.717) is 31.0 Å². The first-order chi connectivity index (χ1) is 13.8. The van der Waals surface area contributed by atoms with Crippen LogP contribution in [-0.4, -0.2) is 45.5 Å². The summed E-state index contributed by atoms with van der Waals surface area (Å²) in [6.07, 6.45) is 1.73. The highest BCUT2D eigenvalue weighted by atomic mass is 32.2. The van der Waals surface area contributed by atoms with Crippen LogP contribution < -0.4 is 5.32 Å². The highest BCUT2D eigenvalue weighted by molar-refractivity contribution is 7.99. The second-order valence-electron chi connectivity index (χ2n) is 8.70. The molecule has 1 amide bonds. The zero-order valence-electron chi connectivity index (χ0n) is 18.0. The highest BCUT2D eigenvalue weighted by Gasteiger charge is 2.21. The molecule has 158 valence electrons. The van der Waals surface area contributed by atoms with E-state index in [0.717, 1.165) is 30.9 Å². The molecule has 29 heavy (non-hydrogen) atoms. The van der Waals surface area contributed by atoms with Crippen LogP contribution in [0, 0.1) is 6.92 Å². The molecule has 1 aliphatic rings. The van der Waals surface area contributed by atoms with Crippen molar-refractivity contribution in [3.63, 3.8) is 0 Å². The molecule has 1 fully saturated rings. The fraction of sp³-hybridized carbons (Fsp3) is 0.591. The zero-order chi connectivity index (χ0) is 20.9. The van der Waals surface area contributed by atoms with E-state index in [9.17, 15) is 4.79 Å². The van der Waals surface area contributed by atoms with E-state index >= 15 is 0 Å². The maximum absolute atomic E-state index is 12.4. The molecule has 1 N–H and O–H groups in total. The Morgan fingerprint density at radius 1 is 1.28 bits per heavy atom. The Bertz CT molecular complexity index is 822. The van der Waals surface area contributed by atoms with Crippen LogP contribution in [0.15, 0.2) is 22.7 Å². The second kappa shape index (κ2) is 9.76. The summed E-state index contributed by atoms with van der Waals surface area (Å²) in [5.41, 5.74) is 3.11. The van der Waals surface area contributed by atoms with Crippen molar-refractivity contribution in [2.75, 3.05) is 29.9 Å². The van der Waals surface area contributed by atoms with Crippen molar-refractivity contribution >= 4 is 23.4 Å². The minimum Gasteiger partial charge on any atom is -0.339 e. The highest BCUT2D eigenvalue weighted by Crippen LogP contribution is 2.21. The molecule has 0 atom stereocenters. The summed E-state index contributed by atoms with van der Waals surface area (Å²) < 4.78 is 5.30. The van der Waals surface area contributed by atoms with Gasteiger partial charge in [-0.25, -0.2) is 0 Å². The Balaban J connectivity index is 1.49. The number of hydrogen-bond acceptors (Lipinski definition) is 6. The Hall–Kier alpha value is -1.86. The lowest BCUT2D eigenvalue weighted by Gasteiger charge is -2.26. The van der Waals surface area contributed by atoms with Crippen LogP contribution in [-0.2, 0) is 23.2 Å². The number of aromatic nitrogens is 2. The summed E-state index contributed by atoms with van der Waals surface area (Å²) in [5.74, 6) is 3.73. The third-order valence-electron chi connectivity index (χ3n) is 5.02. The predicted octanol–water partition coefficient (Wildman–Crippen LogP) is 4.19. The Morgan fingerprint density at radius 2 is 2.03 bits per heavy atom. The molecule has 1 aromatic heterocycles. The summed E-state index contributed by atoms with van der Waals surface area (Å²) in [4.78, 5) is 19.3. The van der Waals surface area contributed by atoms with E-state index in [1.54, 1.807) is 0 Å². The van der Waals surface area contributed by atoms with Crippen LogP contribution in [0.3, 0.4) is 0 Å². The quantitative estimate of drug-likeness (QED) is 0.730. The van der Waals surface area contributed by atoms with Gasteiger partial charge in [0.15, 0.2) is 5.82 Å². The van der Waals surface area contributed by atoms with Gasteiger partial charge in [0, 0.05) is 55.1 Å². The van der Waals surface area contributed by atoms with Crippen molar-refractivity contribution < 1.29 is 9.32 Å². The third-order valence-corrected chi connectivity index (χ3v) is 5.96. The van der Waals surface area contributed by atoms with Gasteiger partial charge >= 0.3 is 0 Å². The Kier molecular flexibility index (Phi) is 7.35. The van der Waals surface area contributed by atoms with Gasteiger partial charge in [-0.1, -0.05) is 38.1 Å². The van der Waals surface area contributed by atoms with E-state index in [-0.39, 0.29) is 11.3 Å². The SMILES string of the molecule is Cc1ccc(CN2CCSCC2)cc1NC(=O)CCCc1nc(C(C)(C)C)no1. The molecular weight excluding hydrogens is 384 g/mol. The minimum absolute atomic E-state index is 0.0233. The lowest BCUT2D eigenvalue weighted by Crippen LogP contribution is -2.32. The smallest absolute Gasteiger partial charge is 0.226 e. The number of hydrogen-bond donors (Lipinski definition) is 1. The van der Waals surface area contributed by atoms with Crippen LogP contribution in [0.5, 0.6) is 0 Å². The van der Waals surface area contributed by atoms with Crippen LogP contribution in [0.2, 0.25) is 0 Å². The van der Waals surface area contributed by atoms with Crippen molar-refractivity contribution in [3.8, 4) is 0 Å².